The summed E-state index contributed by atoms with van der Waals surface area (Å²) in [5, 5.41) is 2.51. The average Bonchev–Trinajstić information content (AvgIpc) is 2.21. The summed E-state index contributed by atoms with van der Waals surface area (Å²) in [6, 6.07) is 0. The molecule has 0 heterocycles. The first-order valence-electron chi connectivity index (χ1n) is 6.26. The lowest BCUT2D eigenvalue weighted by Gasteiger charge is -2.03. The number of thiocarbonyl (C=S) groups is 1. The number of hydrogen-bond donors (Lipinski definition) is 2. The highest BCUT2D eigenvalue weighted by atomic mass is 32.1. The van der Waals surface area contributed by atoms with Crippen LogP contribution in [0, 0.1) is 0 Å². The standard InChI is InChI=1S/C12H24N2OS/c1-2-3-4-5-6-7-8-9-10-11(15)14-12(13)16/h2-10H2,1H3,(H3,13,14,15,16). The Hall–Kier alpha value is -0.640. The van der Waals surface area contributed by atoms with E-state index in [-0.39, 0.29) is 11.0 Å². The molecule has 0 rings (SSSR count). The first kappa shape index (κ1) is 15.4. The Morgan fingerprint density at radius 3 is 2.06 bits per heavy atom. The Morgan fingerprint density at radius 2 is 1.56 bits per heavy atom. The van der Waals surface area contributed by atoms with Crippen LogP contribution in [-0.2, 0) is 4.79 Å². The summed E-state index contributed by atoms with van der Waals surface area (Å²) in [5.74, 6) is -0.0570. The van der Waals surface area contributed by atoms with Gasteiger partial charge in [-0.1, -0.05) is 51.9 Å². The number of amides is 1. The second-order valence-corrected chi connectivity index (χ2v) is 4.58. The Morgan fingerprint density at radius 1 is 1.06 bits per heavy atom. The number of nitrogens with one attached hydrogen (secondary N) is 1. The molecule has 0 aromatic rings. The summed E-state index contributed by atoms with van der Waals surface area (Å²) in [4.78, 5) is 11.1. The molecule has 0 aliphatic heterocycles. The summed E-state index contributed by atoms with van der Waals surface area (Å²) in [5.41, 5.74) is 5.19. The van der Waals surface area contributed by atoms with E-state index in [0.717, 1.165) is 12.8 Å². The summed E-state index contributed by atoms with van der Waals surface area (Å²) in [6.45, 7) is 2.22. The van der Waals surface area contributed by atoms with Gasteiger partial charge in [-0.2, -0.15) is 0 Å². The molecule has 0 aromatic heterocycles. The number of nitrogens with two attached hydrogens (primary N) is 1. The molecule has 4 heteroatoms. The zero-order chi connectivity index (χ0) is 12.2. The lowest BCUT2D eigenvalue weighted by molar-refractivity contribution is -0.119. The van der Waals surface area contributed by atoms with Crippen molar-refractivity contribution in [3.05, 3.63) is 0 Å². The molecule has 0 bridgehead atoms. The van der Waals surface area contributed by atoms with E-state index in [9.17, 15) is 4.79 Å². The Balaban J connectivity index is 3.14. The van der Waals surface area contributed by atoms with Crippen molar-refractivity contribution in [2.75, 3.05) is 0 Å². The van der Waals surface area contributed by atoms with Crippen molar-refractivity contribution in [1.82, 2.24) is 5.32 Å². The fraction of sp³-hybridized carbons (Fsp3) is 0.833. The predicted molar refractivity (Wildman–Crippen MR) is 72.2 cm³/mol. The monoisotopic (exact) mass is 244 g/mol. The van der Waals surface area contributed by atoms with Crippen LogP contribution in [0.5, 0.6) is 0 Å². The Kier molecular flexibility index (Phi) is 10.4. The molecule has 0 radical (unpaired) electrons. The normalized spacial score (nSPS) is 10.1. The molecule has 0 unspecified atom stereocenters. The van der Waals surface area contributed by atoms with Gasteiger partial charge in [0.25, 0.3) is 0 Å². The fourth-order valence-corrected chi connectivity index (χ4v) is 1.73. The van der Waals surface area contributed by atoms with E-state index >= 15 is 0 Å². The Labute approximate surface area is 104 Å². The van der Waals surface area contributed by atoms with Crippen LogP contribution in [0.4, 0.5) is 0 Å². The van der Waals surface area contributed by atoms with Crippen LogP contribution in [0.2, 0.25) is 0 Å². The molecule has 0 atom stereocenters. The molecule has 0 fully saturated rings. The van der Waals surface area contributed by atoms with E-state index in [4.69, 9.17) is 5.73 Å². The largest absolute Gasteiger partial charge is 0.376 e. The molecule has 3 nitrogen and oxygen atoms in total. The zero-order valence-corrected chi connectivity index (χ0v) is 11.1. The van der Waals surface area contributed by atoms with E-state index < -0.39 is 0 Å². The third kappa shape index (κ3) is 11.4. The van der Waals surface area contributed by atoms with Crippen molar-refractivity contribution in [3.63, 3.8) is 0 Å². The van der Waals surface area contributed by atoms with Crippen molar-refractivity contribution in [3.8, 4) is 0 Å². The number of carbonyl (C=O) groups excluding carboxylic acids is 1. The van der Waals surface area contributed by atoms with Crippen LogP contribution in [0.1, 0.15) is 64.7 Å². The molecular weight excluding hydrogens is 220 g/mol. The fourth-order valence-electron chi connectivity index (χ4n) is 1.62. The first-order chi connectivity index (χ1) is 7.66. The highest BCUT2D eigenvalue weighted by Gasteiger charge is 2.00. The van der Waals surface area contributed by atoms with Crippen LogP contribution in [0.15, 0.2) is 0 Å². The average molecular weight is 244 g/mol. The lowest BCUT2D eigenvalue weighted by atomic mass is 10.1. The van der Waals surface area contributed by atoms with Crippen molar-refractivity contribution < 1.29 is 4.79 Å². The summed E-state index contributed by atoms with van der Waals surface area (Å²) in [6.07, 6.45) is 10.4. The topological polar surface area (TPSA) is 55.1 Å². The van der Waals surface area contributed by atoms with Gasteiger partial charge in [0, 0.05) is 6.42 Å². The molecule has 1 amide bonds. The molecule has 0 aliphatic carbocycles. The van der Waals surface area contributed by atoms with Crippen LogP contribution in [0.3, 0.4) is 0 Å². The van der Waals surface area contributed by atoms with Gasteiger partial charge in [-0.25, -0.2) is 0 Å². The van der Waals surface area contributed by atoms with Crippen molar-refractivity contribution >= 4 is 23.2 Å². The molecule has 0 aliphatic rings. The van der Waals surface area contributed by atoms with Crippen molar-refractivity contribution in [1.29, 1.82) is 0 Å². The molecule has 3 N–H and O–H groups in total. The quantitative estimate of drug-likeness (QED) is 0.484. The number of unbranched alkanes of at least 4 members (excludes halogenated alkanes) is 7. The van der Waals surface area contributed by atoms with Gasteiger partial charge in [-0.05, 0) is 18.6 Å². The van der Waals surface area contributed by atoms with Gasteiger partial charge < -0.3 is 11.1 Å². The predicted octanol–water partition coefficient (Wildman–Crippen LogP) is 2.88. The van der Waals surface area contributed by atoms with Crippen LogP contribution in [0.25, 0.3) is 0 Å². The molecule has 0 aromatic carbocycles. The van der Waals surface area contributed by atoms with Crippen molar-refractivity contribution in [2.45, 2.75) is 64.7 Å². The highest BCUT2D eigenvalue weighted by molar-refractivity contribution is 7.80. The zero-order valence-electron chi connectivity index (χ0n) is 10.3. The molecule has 94 valence electrons. The first-order valence-corrected chi connectivity index (χ1v) is 6.67. The van der Waals surface area contributed by atoms with E-state index in [1.165, 1.54) is 38.5 Å². The molecule has 16 heavy (non-hydrogen) atoms. The second kappa shape index (κ2) is 10.9. The SMILES string of the molecule is CCCCCCCCCCC(=O)NC(N)=S. The van der Waals surface area contributed by atoms with Gasteiger partial charge in [0.15, 0.2) is 5.11 Å². The second-order valence-electron chi connectivity index (χ2n) is 4.14. The van der Waals surface area contributed by atoms with Crippen molar-refractivity contribution in [2.24, 2.45) is 5.73 Å². The summed E-state index contributed by atoms with van der Waals surface area (Å²) < 4.78 is 0. The third-order valence-corrected chi connectivity index (χ3v) is 2.62. The summed E-state index contributed by atoms with van der Waals surface area (Å²) in [7, 11) is 0. The maximum absolute atomic E-state index is 11.1. The van der Waals surface area contributed by atoms with E-state index in [1.807, 2.05) is 0 Å². The minimum atomic E-state index is -0.0570. The summed E-state index contributed by atoms with van der Waals surface area (Å²) >= 11 is 4.58. The smallest absolute Gasteiger partial charge is 0.226 e. The van der Waals surface area contributed by atoms with Gasteiger partial charge >= 0.3 is 0 Å². The van der Waals surface area contributed by atoms with Crippen LogP contribution < -0.4 is 11.1 Å². The molecule has 0 saturated heterocycles. The number of hydrogen-bond acceptors (Lipinski definition) is 2. The van der Waals surface area contributed by atoms with E-state index in [2.05, 4.69) is 24.5 Å². The van der Waals surface area contributed by atoms with E-state index in [0.29, 0.717) is 6.42 Å². The lowest BCUT2D eigenvalue weighted by Crippen LogP contribution is -2.34. The maximum Gasteiger partial charge on any atom is 0.226 e. The van der Waals surface area contributed by atoms with Gasteiger partial charge in [0.05, 0.1) is 0 Å². The van der Waals surface area contributed by atoms with Crippen LogP contribution in [-0.4, -0.2) is 11.0 Å². The van der Waals surface area contributed by atoms with Gasteiger partial charge in [-0.3, -0.25) is 4.79 Å². The van der Waals surface area contributed by atoms with Gasteiger partial charge in [-0.15, -0.1) is 0 Å². The van der Waals surface area contributed by atoms with Gasteiger partial charge in [0.1, 0.15) is 0 Å². The number of carbonyl (C=O) groups is 1. The molecule has 0 spiro atoms. The Bertz CT molecular complexity index is 207. The van der Waals surface area contributed by atoms with Crippen LogP contribution >= 0.6 is 12.2 Å². The van der Waals surface area contributed by atoms with Gasteiger partial charge in [0.2, 0.25) is 5.91 Å². The minimum absolute atomic E-state index is 0.0570. The third-order valence-electron chi connectivity index (χ3n) is 2.52. The number of rotatable bonds is 9. The highest BCUT2D eigenvalue weighted by Crippen LogP contribution is 2.09. The minimum Gasteiger partial charge on any atom is -0.376 e. The maximum atomic E-state index is 11.1. The molecule has 0 saturated carbocycles. The van der Waals surface area contributed by atoms with E-state index in [1.54, 1.807) is 0 Å². The molecular formula is C12H24N2OS.